The molecule has 2 rings (SSSR count). The molecule has 1 aromatic carbocycles. The van der Waals surface area contributed by atoms with Crippen LogP contribution in [0, 0.1) is 5.82 Å². The van der Waals surface area contributed by atoms with Gasteiger partial charge in [0, 0.05) is 16.0 Å². The normalized spacial score (nSPS) is 11.4. The van der Waals surface area contributed by atoms with Crippen LogP contribution in [0.5, 0.6) is 0 Å². The van der Waals surface area contributed by atoms with Gasteiger partial charge < -0.3 is 5.73 Å². The number of nitrogens with one attached hydrogen (secondary N) is 1. The van der Waals surface area contributed by atoms with Gasteiger partial charge in [-0.3, -0.25) is 4.72 Å². The van der Waals surface area contributed by atoms with Crippen molar-refractivity contribution in [2.75, 3.05) is 10.5 Å². The zero-order valence-corrected chi connectivity index (χ0v) is 11.9. The smallest absolute Gasteiger partial charge is 0.264 e. The second kappa shape index (κ2) is 4.82. The second-order valence-electron chi connectivity index (χ2n) is 3.25. The van der Waals surface area contributed by atoms with Crippen molar-refractivity contribution >= 4 is 48.1 Å². The van der Waals surface area contributed by atoms with Gasteiger partial charge >= 0.3 is 0 Å². The Balaban J connectivity index is 2.44. The topological polar surface area (TPSA) is 85.1 Å². The number of sulfonamides is 1. The van der Waals surface area contributed by atoms with E-state index in [0.29, 0.717) is 0 Å². The van der Waals surface area contributed by atoms with E-state index in [4.69, 9.17) is 5.73 Å². The Labute approximate surface area is 115 Å². The number of rotatable bonds is 3. The van der Waals surface area contributed by atoms with Crippen LogP contribution < -0.4 is 10.5 Å². The number of halogens is 2. The highest BCUT2D eigenvalue weighted by atomic mass is 79.9. The first-order chi connectivity index (χ1) is 8.40. The summed E-state index contributed by atoms with van der Waals surface area (Å²) >= 11 is 4.13. The molecular formula is C9H7BrFN3O2S2. The quantitative estimate of drug-likeness (QED) is 0.831. The third-order valence-corrected chi connectivity index (χ3v) is 5.11. The lowest BCUT2D eigenvalue weighted by molar-refractivity contribution is 0.599. The lowest BCUT2D eigenvalue weighted by Crippen LogP contribution is -2.14. The van der Waals surface area contributed by atoms with E-state index in [1.807, 2.05) is 0 Å². The molecule has 96 valence electrons. The first-order valence-corrected chi connectivity index (χ1v) is 7.72. The Morgan fingerprint density at radius 3 is 2.78 bits per heavy atom. The van der Waals surface area contributed by atoms with Crippen molar-refractivity contribution in [2.45, 2.75) is 4.90 Å². The summed E-state index contributed by atoms with van der Waals surface area (Å²) in [4.78, 5) is 3.66. The summed E-state index contributed by atoms with van der Waals surface area (Å²) in [6, 6.07) is 2.06. The van der Waals surface area contributed by atoms with E-state index in [9.17, 15) is 12.8 Å². The first-order valence-electron chi connectivity index (χ1n) is 4.57. The number of nitrogen functional groups attached to an aromatic ring is 1. The van der Waals surface area contributed by atoms with Crippen molar-refractivity contribution in [2.24, 2.45) is 0 Å². The van der Waals surface area contributed by atoms with Gasteiger partial charge in [-0.05, 0) is 28.1 Å². The Hall–Kier alpha value is -1.19. The van der Waals surface area contributed by atoms with Gasteiger partial charge in [0.2, 0.25) is 0 Å². The summed E-state index contributed by atoms with van der Waals surface area (Å²) in [6.07, 6.45) is 1.47. The maximum absolute atomic E-state index is 13.1. The van der Waals surface area contributed by atoms with Crippen LogP contribution in [0.2, 0.25) is 0 Å². The van der Waals surface area contributed by atoms with Crippen LogP contribution in [0.1, 0.15) is 0 Å². The van der Waals surface area contributed by atoms with Gasteiger partial charge in [-0.25, -0.2) is 17.8 Å². The van der Waals surface area contributed by atoms with Crippen molar-refractivity contribution in [1.82, 2.24) is 4.98 Å². The summed E-state index contributed by atoms with van der Waals surface area (Å²) in [7, 11) is -3.85. The van der Waals surface area contributed by atoms with E-state index >= 15 is 0 Å². The molecule has 0 aliphatic heterocycles. The summed E-state index contributed by atoms with van der Waals surface area (Å²) < 4.78 is 39.6. The van der Waals surface area contributed by atoms with Crippen LogP contribution in [0.4, 0.5) is 15.2 Å². The average Bonchev–Trinajstić information content (AvgIpc) is 2.75. The maximum atomic E-state index is 13.1. The maximum Gasteiger partial charge on any atom is 0.264 e. The summed E-state index contributed by atoms with van der Waals surface area (Å²) in [5.41, 5.74) is 5.12. The van der Waals surface area contributed by atoms with Gasteiger partial charge in [-0.1, -0.05) is 0 Å². The third kappa shape index (κ3) is 2.62. The number of nitrogens with zero attached hydrogens (tertiary/aromatic N) is 1. The summed E-state index contributed by atoms with van der Waals surface area (Å²) in [5.74, 6) is -0.685. The number of hydrogen-bond acceptors (Lipinski definition) is 5. The summed E-state index contributed by atoms with van der Waals surface area (Å²) in [5, 5.41) is 1.86. The molecule has 0 fully saturated rings. The lowest BCUT2D eigenvalue weighted by atomic mass is 10.3. The molecule has 1 heterocycles. The molecule has 0 saturated carbocycles. The molecule has 0 unspecified atom stereocenters. The molecule has 1 aromatic heterocycles. The third-order valence-electron chi connectivity index (χ3n) is 1.99. The Morgan fingerprint density at radius 1 is 1.44 bits per heavy atom. The first kappa shape index (κ1) is 13.2. The number of nitrogens with two attached hydrogens (primary N) is 1. The minimum atomic E-state index is -3.85. The second-order valence-corrected chi connectivity index (χ2v) is 6.65. The molecule has 0 radical (unpaired) electrons. The van der Waals surface area contributed by atoms with Crippen molar-refractivity contribution in [1.29, 1.82) is 0 Å². The fourth-order valence-corrected chi connectivity index (χ4v) is 4.03. The summed E-state index contributed by atoms with van der Waals surface area (Å²) in [6.45, 7) is 0. The van der Waals surface area contributed by atoms with Crippen LogP contribution in [-0.2, 0) is 10.0 Å². The molecule has 3 N–H and O–H groups in total. The molecule has 5 nitrogen and oxygen atoms in total. The van der Waals surface area contributed by atoms with Crippen molar-refractivity contribution in [3.8, 4) is 0 Å². The molecule has 0 spiro atoms. The molecule has 18 heavy (non-hydrogen) atoms. The molecule has 0 amide bonds. The van der Waals surface area contributed by atoms with E-state index in [2.05, 4.69) is 25.6 Å². The van der Waals surface area contributed by atoms with E-state index in [1.165, 1.54) is 6.20 Å². The highest BCUT2D eigenvalue weighted by Crippen LogP contribution is 2.28. The van der Waals surface area contributed by atoms with Gasteiger partial charge in [-0.15, -0.1) is 11.3 Å². The SMILES string of the molecule is Nc1cc(S(=O)(=O)Nc2nccs2)c(Br)cc1F. The molecule has 0 saturated heterocycles. The largest absolute Gasteiger partial charge is 0.396 e. The van der Waals surface area contributed by atoms with E-state index in [0.717, 1.165) is 23.5 Å². The minimum absolute atomic E-state index is 0.0956. The zero-order chi connectivity index (χ0) is 13.3. The van der Waals surface area contributed by atoms with Crippen LogP contribution in [0.25, 0.3) is 0 Å². The number of hydrogen-bond donors (Lipinski definition) is 2. The van der Waals surface area contributed by atoms with Crippen LogP contribution >= 0.6 is 27.3 Å². The highest BCUT2D eigenvalue weighted by Gasteiger charge is 2.20. The molecule has 0 aliphatic carbocycles. The molecule has 9 heteroatoms. The molecule has 0 atom stereocenters. The number of aromatic nitrogens is 1. The van der Waals surface area contributed by atoms with Crippen molar-refractivity contribution in [3.63, 3.8) is 0 Å². The Bertz CT molecular complexity index is 673. The fourth-order valence-electron chi connectivity index (χ4n) is 1.19. The van der Waals surface area contributed by atoms with Crippen LogP contribution in [0.15, 0.2) is 33.1 Å². The van der Waals surface area contributed by atoms with Crippen LogP contribution in [0.3, 0.4) is 0 Å². The van der Waals surface area contributed by atoms with Gasteiger partial charge in [0.25, 0.3) is 10.0 Å². The Kier molecular flexibility index (Phi) is 3.55. The van der Waals surface area contributed by atoms with Crippen LogP contribution in [-0.4, -0.2) is 13.4 Å². The van der Waals surface area contributed by atoms with Crippen molar-refractivity contribution < 1.29 is 12.8 Å². The molecule has 2 aromatic rings. The number of benzene rings is 1. The van der Waals surface area contributed by atoms with Gasteiger partial charge in [0.1, 0.15) is 10.7 Å². The van der Waals surface area contributed by atoms with E-state index in [-0.39, 0.29) is 20.2 Å². The van der Waals surface area contributed by atoms with Gasteiger partial charge in [0.15, 0.2) is 5.13 Å². The van der Waals surface area contributed by atoms with Crippen molar-refractivity contribution in [3.05, 3.63) is 34.0 Å². The monoisotopic (exact) mass is 351 g/mol. The standard InChI is InChI=1S/C9H7BrFN3O2S2/c10-5-3-6(11)7(12)4-8(5)18(15,16)14-9-13-1-2-17-9/h1-4H,12H2,(H,13,14). The van der Waals surface area contributed by atoms with Gasteiger partial charge in [0.05, 0.1) is 5.69 Å². The molecular weight excluding hydrogens is 345 g/mol. The number of thiazole rings is 1. The fraction of sp³-hybridized carbons (Fsp3) is 0. The van der Waals surface area contributed by atoms with Gasteiger partial charge in [-0.2, -0.15) is 0 Å². The van der Waals surface area contributed by atoms with E-state index in [1.54, 1.807) is 5.38 Å². The predicted molar refractivity (Wildman–Crippen MR) is 71.4 cm³/mol. The minimum Gasteiger partial charge on any atom is -0.396 e. The average molecular weight is 352 g/mol. The predicted octanol–water partition coefficient (Wildman–Crippen LogP) is 2.43. The lowest BCUT2D eigenvalue weighted by Gasteiger charge is -2.08. The zero-order valence-electron chi connectivity index (χ0n) is 8.72. The Morgan fingerprint density at radius 2 is 2.17 bits per heavy atom. The highest BCUT2D eigenvalue weighted by molar-refractivity contribution is 9.10. The molecule has 0 bridgehead atoms. The van der Waals surface area contributed by atoms with E-state index < -0.39 is 15.8 Å². The number of anilines is 2. The molecule has 0 aliphatic rings.